The number of carbonyl (C=O) groups is 1. The lowest BCUT2D eigenvalue weighted by Crippen LogP contribution is -1.85. The maximum Gasteiger partial charge on any atom is 0.178 e. The third kappa shape index (κ3) is 1.55. The van der Waals surface area contributed by atoms with Crippen molar-refractivity contribution in [3.8, 4) is 11.3 Å². The van der Waals surface area contributed by atoms with Gasteiger partial charge >= 0.3 is 0 Å². The standard InChI is InChI=1S/C16H11NOS/c18-8-15-17-14(9-19-15)12-7-6-11-5-4-10-2-1-3-13(12)16(10)11/h1-3,6-9H,4-5H2. The minimum absolute atomic E-state index is 0.540. The molecule has 0 N–H and O–H groups in total. The number of rotatable bonds is 2. The van der Waals surface area contributed by atoms with Gasteiger partial charge in [-0.1, -0.05) is 30.3 Å². The first-order valence-corrected chi connectivity index (χ1v) is 7.19. The Balaban J connectivity index is 2.03. The van der Waals surface area contributed by atoms with E-state index in [4.69, 9.17) is 0 Å². The van der Waals surface area contributed by atoms with Gasteiger partial charge in [0.1, 0.15) is 0 Å². The number of benzene rings is 2. The van der Waals surface area contributed by atoms with Gasteiger partial charge in [0.05, 0.1) is 5.69 Å². The molecule has 2 nitrogen and oxygen atoms in total. The Morgan fingerprint density at radius 2 is 1.95 bits per heavy atom. The number of aryl methyl sites for hydroxylation is 2. The SMILES string of the molecule is O=Cc1nc(-c2ccc3c4c(cccc24)CC3)cs1. The summed E-state index contributed by atoms with van der Waals surface area (Å²) in [6, 6.07) is 10.8. The van der Waals surface area contributed by atoms with Crippen LogP contribution < -0.4 is 0 Å². The van der Waals surface area contributed by atoms with E-state index in [0.29, 0.717) is 5.01 Å². The molecular weight excluding hydrogens is 254 g/mol. The Hall–Kier alpha value is -2.00. The zero-order valence-electron chi connectivity index (χ0n) is 10.2. The van der Waals surface area contributed by atoms with Crippen LogP contribution in [0.2, 0.25) is 0 Å². The van der Waals surface area contributed by atoms with Crippen molar-refractivity contribution in [2.45, 2.75) is 12.8 Å². The van der Waals surface area contributed by atoms with Crippen molar-refractivity contribution in [3.05, 3.63) is 51.8 Å². The monoisotopic (exact) mass is 265 g/mol. The van der Waals surface area contributed by atoms with Crippen LogP contribution in [0.25, 0.3) is 22.0 Å². The van der Waals surface area contributed by atoms with Gasteiger partial charge in [-0.25, -0.2) is 4.98 Å². The van der Waals surface area contributed by atoms with Crippen molar-refractivity contribution in [3.63, 3.8) is 0 Å². The number of thiazole rings is 1. The molecule has 0 spiro atoms. The second kappa shape index (κ2) is 4.00. The molecule has 0 atom stereocenters. The van der Waals surface area contributed by atoms with Gasteiger partial charge in [0, 0.05) is 10.9 Å². The molecule has 4 rings (SSSR count). The third-order valence-corrected chi connectivity index (χ3v) is 4.55. The summed E-state index contributed by atoms with van der Waals surface area (Å²) in [5, 5.41) is 5.15. The Labute approximate surface area is 114 Å². The summed E-state index contributed by atoms with van der Waals surface area (Å²) in [5.74, 6) is 0. The highest BCUT2D eigenvalue weighted by Crippen LogP contribution is 2.37. The van der Waals surface area contributed by atoms with Crippen LogP contribution in [0.1, 0.15) is 20.9 Å². The van der Waals surface area contributed by atoms with Crippen molar-refractivity contribution >= 4 is 28.4 Å². The fraction of sp³-hybridized carbons (Fsp3) is 0.125. The van der Waals surface area contributed by atoms with Gasteiger partial charge in [-0.2, -0.15) is 0 Å². The number of nitrogens with zero attached hydrogens (tertiary/aromatic N) is 1. The zero-order valence-corrected chi connectivity index (χ0v) is 11.0. The van der Waals surface area contributed by atoms with E-state index in [2.05, 4.69) is 35.3 Å². The van der Waals surface area contributed by atoms with E-state index in [0.717, 1.165) is 30.4 Å². The number of aldehydes is 1. The van der Waals surface area contributed by atoms with Crippen LogP contribution in [-0.2, 0) is 12.8 Å². The average Bonchev–Trinajstić information content (AvgIpc) is 3.08. The first kappa shape index (κ1) is 10.9. The molecule has 3 heteroatoms. The van der Waals surface area contributed by atoms with Crippen molar-refractivity contribution in [2.75, 3.05) is 0 Å². The molecule has 0 aliphatic heterocycles. The second-order valence-corrected chi connectivity index (χ2v) is 5.69. The molecule has 0 radical (unpaired) electrons. The molecule has 3 aromatic rings. The van der Waals surface area contributed by atoms with Crippen LogP contribution in [0.3, 0.4) is 0 Å². The summed E-state index contributed by atoms with van der Waals surface area (Å²) >= 11 is 1.40. The molecule has 19 heavy (non-hydrogen) atoms. The topological polar surface area (TPSA) is 30.0 Å². The van der Waals surface area contributed by atoms with Crippen LogP contribution in [0.15, 0.2) is 35.7 Å². The number of carbonyl (C=O) groups excluding carboxylic acids is 1. The summed E-state index contributed by atoms with van der Waals surface area (Å²) in [6.45, 7) is 0. The van der Waals surface area contributed by atoms with E-state index in [9.17, 15) is 4.79 Å². The van der Waals surface area contributed by atoms with Crippen LogP contribution >= 0.6 is 11.3 Å². The molecule has 0 saturated carbocycles. The molecule has 2 aromatic carbocycles. The van der Waals surface area contributed by atoms with Gasteiger partial charge < -0.3 is 0 Å². The lowest BCUT2D eigenvalue weighted by atomic mass is 9.98. The normalized spacial score (nSPS) is 13.1. The fourth-order valence-electron chi connectivity index (χ4n) is 2.94. The van der Waals surface area contributed by atoms with E-state index in [-0.39, 0.29) is 0 Å². The highest BCUT2D eigenvalue weighted by molar-refractivity contribution is 7.11. The maximum atomic E-state index is 10.8. The van der Waals surface area contributed by atoms with Crippen molar-refractivity contribution in [1.82, 2.24) is 4.98 Å². The van der Waals surface area contributed by atoms with Crippen LogP contribution in [0.4, 0.5) is 0 Å². The molecule has 1 aromatic heterocycles. The van der Waals surface area contributed by atoms with Gasteiger partial charge in [0.25, 0.3) is 0 Å². The number of aromatic nitrogens is 1. The first-order valence-electron chi connectivity index (χ1n) is 6.31. The Morgan fingerprint density at radius 3 is 2.74 bits per heavy atom. The van der Waals surface area contributed by atoms with Crippen molar-refractivity contribution in [2.24, 2.45) is 0 Å². The van der Waals surface area contributed by atoms with E-state index >= 15 is 0 Å². The largest absolute Gasteiger partial charge is 0.295 e. The van der Waals surface area contributed by atoms with E-state index in [1.54, 1.807) is 0 Å². The van der Waals surface area contributed by atoms with Gasteiger partial charge in [-0.3, -0.25) is 4.79 Å². The molecule has 1 aliphatic rings. The van der Waals surface area contributed by atoms with Gasteiger partial charge in [-0.05, 0) is 34.7 Å². The number of hydrogen-bond donors (Lipinski definition) is 0. The van der Waals surface area contributed by atoms with Crippen molar-refractivity contribution < 1.29 is 4.79 Å². The molecular formula is C16H11NOS. The quantitative estimate of drug-likeness (QED) is 0.658. The summed E-state index contributed by atoms with van der Waals surface area (Å²) in [5.41, 5.74) is 4.90. The molecule has 0 fully saturated rings. The Morgan fingerprint density at radius 1 is 1.11 bits per heavy atom. The minimum atomic E-state index is 0.540. The maximum absolute atomic E-state index is 10.8. The van der Waals surface area contributed by atoms with Crippen LogP contribution in [0.5, 0.6) is 0 Å². The van der Waals surface area contributed by atoms with E-state index < -0.39 is 0 Å². The van der Waals surface area contributed by atoms with Gasteiger partial charge in [0.15, 0.2) is 11.3 Å². The second-order valence-electron chi connectivity index (χ2n) is 4.80. The molecule has 0 unspecified atom stereocenters. The predicted molar refractivity (Wildman–Crippen MR) is 77.9 cm³/mol. The van der Waals surface area contributed by atoms with Crippen molar-refractivity contribution in [1.29, 1.82) is 0 Å². The van der Waals surface area contributed by atoms with Gasteiger partial charge in [0.2, 0.25) is 0 Å². The van der Waals surface area contributed by atoms with Crippen LogP contribution in [-0.4, -0.2) is 11.3 Å². The first-order chi connectivity index (χ1) is 9.36. The predicted octanol–water partition coefficient (Wildman–Crippen LogP) is 3.87. The summed E-state index contributed by atoms with van der Waals surface area (Å²) in [6.07, 6.45) is 3.08. The summed E-state index contributed by atoms with van der Waals surface area (Å²) in [4.78, 5) is 15.2. The van der Waals surface area contributed by atoms with E-state index in [1.165, 1.54) is 33.2 Å². The molecule has 0 bridgehead atoms. The third-order valence-electron chi connectivity index (χ3n) is 3.78. The molecule has 0 amide bonds. The average molecular weight is 265 g/mol. The summed E-state index contributed by atoms with van der Waals surface area (Å²) < 4.78 is 0. The Kier molecular flexibility index (Phi) is 2.29. The molecule has 0 saturated heterocycles. The van der Waals surface area contributed by atoms with Crippen LogP contribution in [0, 0.1) is 0 Å². The molecule has 92 valence electrons. The minimum Gasteiger partial charge on any atom is -0.295 e. The molecule has 1 heterocycles. The fourth-order valence-corrected chi connectivity index (χ4v) is 3.55. The number of hydrogen-bond acceptors (Lipinski definition) is 3. The smallest absolute Gasteiger partial charge is 0.178 e. The van der Waals surface area contributed by atoms with E-state index in [1.807, 2.05) is 5.38 Å². The zero-order chi connectivity index (χ0) is 12.8. The summed E-state index contributed by atoms with van der Waals surface area (Å²) in [7, 11) is 0. The van der Waals surface area contributed by atoms with Gasteiger partial charge in [-0.15, -0.1) is 11.3 Å². The Bertz CT molecular complexity index is 793. The molecule has 1 aliphatic carbocycles. The lowest BCUT2D eigenvalue weighted by molar-refractivity contribution is 0.112. The highest BCUT2D eigenvalue weighted by Gasteiger charge is 2.17. The lowest BCUT2D eigenvalue weighted by Gasteiger charge is -2.06. The highest BCUT2D eigenvalue weighted by atomic mass is 32.1.